The summed E-state index contributed by atoms with van der Waals surface area (Å²) >= 11 is 0. The van der Waals surface area contributed by atoms with Crippen LogP contribution in [0.2, 0.25) is 0 Å². The van der Waals surface area contributed by atoms with Gasteiger partial charge in [-0.15, -0.1) is 0 Å². The maximum absolute atomic E-state index is 15.6. The van der Waals surface area contributed by atoms with Gasteiger partial charge in [0.25, 0.3) is 5.91 Å². The highest BCUT2D eigenvalue weighted by Gasteiger charge is 2.52. The number of carbonyl (C=O) groups excluding carboxylic acids is 1. The van der Waals surface area contributed by atoms with Gasteiger partial charge in [0.1, 0.15) is 5.82 Å². The van der Waals surface area contributed by atoms with Crippen molar-refractivity contribution in [3.05, 3.63) is 58.7 Å². The Kier molecular flexibility index (Phi) is 4.71. The fraction of sp³-hybridized carbons (Fsp3) is 0.478. The van der Waals surface area contributed by atoms with Crippen molar-refractivity contribution < 1.29 is 18.5 Å². The number of halogens is 1. The molecule has 160 valence electrons. The second kappa shape index (κ2) is 6.94. The Morgan fingerprint density at radius 1 is 1.19 bits per heavy atom. The predicted octanol–water partition coefficient (Wildman–Crippen LogP) is 2.50. The van der Waals surface area contributed by atoms with E-state index in [1.54, 1.807) is 18.3 Å². The Labute approximate surface area is 191 Å². The molecule has 9 heteroatoms. The third-order valence-electron chi connectivity index (χ3n) is 7.22. The van der Waals surface area contributed by atoms with Gasteiger partial charge in [0.2, 0.25) is 0 Å². The van der Waals surface area contributed by atoms with Gasteiger partial charge in [-0.3, -0.25) is 9.78 Å². The molecule has 1 saturated carbocycles. The van der Waals surface area contributed by atoms with E-state index in [9.17, 15) is 4.79 Å². The average molecular weight is 428 g/mol. The molecule has 5 rings (SSSR count). The zero-order chi connectivity index (χ0) is 23.1. The van der Waals surface area contributed by atoms with Gasteiger partial charge >= 0.3 is 7.12 Å². The minimum Gasteiger partial charge on any atom is -0.399 e. The van der Waals surface area contributed by atoms with Crippen molar-refractivity contribution in [1.29, 1.82) is 0 Å². The minimum absolute atomic E-state index is 0.0382. The van der Waals surface area contributed by atoms with Crippen LogP contribution in [0, 0.1) is 5.82 Å². The highest BCUT2D eigenvalue weighted by atomic mass is 19.1. The van der Waals surface area contributed by atoms with Crippen molar-refractivity contribution in [2.24, 2.45) is 0 Å². The quantitative estimate of drug-likeness (QED) is 0.703. The Morgan fingerprint density at radius 2 is 1.84 bits per heavy atom. The van der Waals surface area contributed by atoms with Crippen molar-refractivity contribution in [2.45, 2.75) is 69.5 Å². The van der Waals surface area contributed by atoms with Gasteiger partial charge in [-0.05, 0) is 75.7 Å². The summed E-state index contributed by atoms with van der Waals surface area (Å²) in [6.45, 7) is 7.82. The molecule has 4 radical (unpaired) electrons. The van der Waals surface area contributed by atoms with Crippen LogP contribution < -0.4 is 5.46 Å². The number of rotatable bonds is 4. The van der Waals surface area contributed by atoms with E-state index in [1.165, 1.54) is 11.0 Å². The summed E-state index contributed by atoms with van der Waals surface area (Å²) in [4.78, 5) is 18.5. The first-order chi connectivity index (χ1) is 14.9. The first-order valence-corrected chi connectivity index (χ1v) is 11.0. The molecule has 0 atom stereocenters. The first-order valence-electron chi connectivity index (χ1n) is 11.0. The molecule has 1 aromatic heterocycles. The van der Waals surface area contributed by atoms with E-state index in [1.807, 2.05) is 33.8 Å². The van der Waals surface area contributed by atoms with Gasteiger partial charge in [-0.2, -0.15) is 0 Å². The molecule has 2 aromatic rings. The van der Waals surface area contributed by atoms with Gasteiger partial charge < -0.3 is 14.2 Å². The lowest BCUT2D eigenvalue weighted by molar-refractivity contribution is 0.00578. The molecule has 5 nitrogen and oxygen atoms in total. The van der Waals surface area contributed by atoms with E-state index in [0.717, 1.165) is 18.4 Å². The summed E-state index contributed by atoms with van der Waals surface area (Å²) < 4.78 is 27.8. The molecule has 0 unspecified atom stereocenters. The van der Waals surface area contributed by atoms with Crippen LogP contribution in [0.4, 0.5) is 4.39 Å². The van der Waals surface area contributed by atoms with Gasteiger partial charge in [-0.25, -0.2) is 4.39 Å². The Balaban J connectivity index is 1.51. The van der Waals surface area contributed by atoms with Gasteiger partial charge in [-0.1, -0.05) is 6.07 Å². The van der Waals surface area contributed by atoms with E-state index in [0.29, 0.717) is 22.3 Å². The predicted molar refractivity (Wildman–Crippen MR) is 121 cm³/mol. The van der Waals surface area contributed by atoms with Crippen molar-refractivity contribution >= 4 is 34.2 Å². The minimum atomic E-state index is -1.61. The van der Waals surface area contributed by atoms with Crippen LogP contribution in [-0.4, -0.2) is 49.8 Å². The zero-order valence-electron chi connectivity index (χ0n) is 18.8. The highest BCUT2D eigenvalue weighted by Crippen LogP contribution is 2.44. The Hall–Kier alpha value is -2.12. The molecule has 0 bridgehead atoms. The third-order valence-corrected chi connectivity index (χ3v) is 7.22. The molecule has 1 aliphatic carbocycles. The first kappa shape index (κ1) is 21.7. The molecule has 2 aliphatic heterocycles. The van der Waals surface area contributed by atoms with E-state index in [2.05, 4.69) is 4.98 Å². The molecular weight excluding hydrogens is 404 g/mol. The number of carbonyl (C=O) groups is 1. The van der Waals surface area contributed by atoms with Crippen LogP contribution in [0.1, 0.15) is 73.6 Å². The topological polar surface area (TPSA) is 51.7 Å². The lowest BCUT2D eigenvalue weighted by atomic mass is 9.59. The number of benzene rings is 1. The molecule has 1 saturated heterocycles. The maximum atomic E-state index is 15.6. The molecule has 1 aromatic carbocycles. The van der Waals surface area contributed by atoms with Gasteiger partial charge in [0, 0.05) is 23.6 Å². The van der Waals surface area contributed by atoms with Crippen molar-refractivity contribution in [3.63, 3.8) is 0 Å². The van der Waals surface area contributed by atoms with Crippen molar-refractivity contribution in [2.75, 3.05) is 0 Å². The number of aromatic nitrogens is 1. The number of pyridine rings is 1. The second-order valence-corrected chi connectivity index (χ2v) is 10.0. The smallest absolute Gasteiger partial charge is 0.399 e. The summed E-state index contributed by atoms with van der Waals surface area (Å²) in [6.07, 6.45) is 3.47. The largest absolute Gasteiger partial charge is 0.494 e. The van der Waals surface area contributed by atoms with E-state index in [4.69, 9.17) is 25.0 Å². The monoisotopic (exact) mass is 428 g/mol. The van der Waals surface area contributed by atoms with E-state index >= 15 is 4.39 Å². The Bertz CT molecular complexity index is 1100. The number of hydrogen-bond acceptors (Lipinski definition) is 4. The SMILES string of the molecule is [B]C1([B])c2ncccc2C(=O)N1Cc1c(F)cc(B2OC(C)(C)C(C)(C)O2)cc1C1CC1. The lowest BCUT2D eigenvalue weighted by Gasteiger charge is -2.34. The van der Waals surface area contributed by atoms with Crippen LogP contribution in [0.25, 0.3) is 0 Å². The van der Waals surface area contributed by atoms with Gasteiger partial charge in [0.05, 0.1) is 38.2 Å². The fourth-order valence-corrected chi connectivity index (χ4v) is 4.42. The molecule has 3 aliphatic rings. The van der Waals surface area contributed by atoms with Crippen molar-refractivity contribution in [3.8, 4) is 0 Å². The van der Waals surface area contributed by atoms with Crippen LogP contribution in [0.3, 0.4) is 0 Å². The van der Waals surface area contributed by atoms with Crippen LogP contribution in [-0.2, 0) is 21.2 Å². The van der Waals surface area contributed by atoms with E-state index in [-0.39, 0.29) is 18.4 Å². The molecule has 2 fully saturated rings. The number of fused-ring (bicyclic) bond motifs is 1. The zero-order valence-corrected chi connectivity index (χ0v) is 18.8. The molecule has 1 amide bonds. The third kappa shape index (κ3) is 3.24. The normalized spacial score (nSPS) is 23.0. The molecule has 3 heterocycles. The number of nitrogens with zero attached hydrogens (tertiary/aromatic N) is 2. The van der Waals surface area contributed by atoms with Crippen molar-refractivity contribution in [1.82, 2.24) is 9.88 Å². The number of amides is 1. The highest BCUT2D eigenvalue weighted by molar-refractivity contribution is 6.62. The molecule has 0 spiro atoms. The van der Waals surface area contributed by atoms with E-state index < -0.39 is 29.5 Å². The van der Waals surface area contributed by atoms with Crippen LogP contribution >= 0.6 is 0 Å². The van der Waals surface area contributed by atoms with Gasteiger partial charge in [0.15, 0.2) is 0 Å². The lowest BCUT2D eigenvalue weighted by Crippen LogP contribution is -2.45. The summed E-state index contributed by atoms with van der Waals surface area (Å²) in [5, 5.41) is -1.61. The summed E-state index contributed by atoms with van der Waals surface area (Å²) in [6, 6.07) is 6.67. The molecule has 32 heavy (non-hydrogen) atoms. The second-order valence-electron chi connectivity index (χ2n) is 10.0. The summed E-state index contributed by atoms with van der Waals surface area (Å²) in [7, 11) is 12.0. The van der Waals surface area contributed by atoms with Crippen LogP contribution in [0.5, 0.6) is 0 Å². The summed E-state index contributed by atoms with van der Waals surface area (Å²) in [5.74, 6) is -0.550. The summed E-state index contributed by atoms with van der Waals surface area (Å²) in [5.41, 5.74) is 1.51. The Morgan fingerprint density at radius 3 is 2.44 bits per heavy atom. The van der Waals surface area contributed by atoms with Crippen LogP contribution in [0.15, 0.2) is 30.5 Å². The molecule has 0 N–H and O–H groups in total. The molecular formula is C23H24B3FN2O3. The maximum Gasteiger partial charge on any atom is 0.494 e. The number of hydrogen-bond donors (Lipinski definition) is 0. The standard InChI is InChI=1S/C23H24B3FN2O3/c1-21(2)22(3,4)32-26(31-21)14-10-16(13-7-8-13)17(18(27)11-14)12-29-20(30)15-6-5-9-28-19(15)23(29,24)25/h5-6,9-11,13H,7-8,12H2,1-4H3. The fourth-order valence-electron chi connectivity index (χ4n) is 4.42. The average Bonchev–Trinajstić information content (AvgIpc) is 3.49.